The molecule has 0 aliphatic rings. The number of methoxy groups -OCH3 is 1. The van der Waals surface area contributed by atoms with Gasteiger partial charge in [0.05, 0.1) is 7.11 Å². The van der Waals surface area contributed by atoms with Crippen molar-refractivity contribution in [3.63, 3.8) is 0 Å². The third-order valence-corrected chi connectivity index (χ3v) is 4.77. The van der Waals surface area contributed by atoms with Crippen LogP contribution in [0.15, 0.2) is 48.5 Å². The zero-order valence-corrected chi connectivity index (χ0v) is 16.1. The minimum atomic E-state index is -1.24. The van der Waals surface area contributed by atoms with Crippen molar-refractivity contribution in [1.29, 1.82) is 0 Å². The van der Waals surface area contributed by atoms with Gasteiger partial charge in [0.25, 0.3) is 0 Å². The number of carbonyl (C=O) groups excluding carboxylic acids is 2. The van der Waals surface area contributed by atoms with Gasteiger partial charge in [0.2, 0.25) is 5.91 Å². The molecule has 0 saturated heterocycles. The molecular weight excluding hydrogens is 433 g/mol. The van der Waals surface area contributed by atoms with Crippen LogP contribution in [0.3, 0.4) is 0 Å². The van der Waals surface area contributed by atoms with Gasteiger partial charge in [-0.25, -0.2) is 0 Å². The lowest BCUT2D eigenvalue weighted by atomic mass is 9.87. The Kier molecular flexibility index (Phi) is 6.81. The summed E-state index contributed by atoms with van der Waals surface area (Å²) < 4.78 is 6.14. The summed E-state index contributed by atoms with van der Waals surface area (Å²) in [5, 5.41) is 14.3. The van der Waals surface area contributed by atoms with Crippen molar-refractivity contribution < 1.29 is 19.4 Å². The molecule has 0 spiro atoms. The van der Waals surface area contributed by atoms with Crippen molar-refractivity contribution in [2.75, 3.05) is 12.4 Å². The first kappa shape index (κ1) is 19.2. The highest BCUT2D eigenvalue weighted by Crippen LogP contribution is 2.21. The molecule has 0 aliphatic carbocycles. The average molecular weight is 452 g/mol. The lowest BCUT2D eigenvalue weighted by Gasteiger charge is -2.24. The van der Waals surface area contributed by atoms with Gasteiger partial charge in [-0.05, 0) is 71.0 Å². The number of ether oxygens (including phenoxy) is 1. The number of anilines is 1. The summed E-state index contributed by atoms with van der Waals surface area (Å²) in [5.74, 6) is -2.54. The van der Waals surface area contributed by atoms with Crippen LogP contribution in [-0.4, -0.2) is 19.0 Å². The lowest BCUT2D eigenvalue weighted by molar-refractivity contribution is -0.312. The van der Waals surface area contributed by atoms with Crippen LogP contribution in [0.5, 0.6) is 5.75 Å². The maximum absolute atomic E-state index is 12.4. The summed E-state index contributed by atoms with van der Waals surface area (Å²) in [4.78, 5) is 24.0. The van der Waals surface area contributed by atoms with Gasteiger partial charge in [-0.2, -0.15) is 0 Å². The SMILES string of the molecule is COc1ccc(C[C@H](C(=O)[O-])[C@@H](C)C(=O)Nc2ccc(I)cc2)cc1. The molecule has 132 valence electrons. The number of carbonyl (C=O) groups is 2. The molecule has 0 heterocycles. The van der Waals surface area contributed by atoms with Gasteiger partial charge in [-0.1, -0.05) is 19.1 Å². The third-order valence-electron chi connectivity index (χ3n) is 4.05. The minimum absolute atomic E-state index is 0.216. The van der Waals surface area contributed by atoms with E-state index < -0.39 is 17.8 Å². The molecule has 25 heavy (non-hydrogen) atoms. The maximum atomic E-state index is 12.4. The quantitative estimate of drug-likeness (QED) is 0.655. The fraction of sp³-hybridized carbons (Fsp3) is 0.263. The summed E-state index contributed by atoms with van der Waals surface area (Å²) in [6.45, 7) is 1.60. The number of nitrogens with one attached hydrogen (secondary N) is 1. The Labute approximate surface area is 160 Å². The smallest absolute Gasteiger partial charge is 0.227 e. The Balaban J connectivity index is 2.07. The summed E-state index contributed by atoms with van der Waals surface area (Å²) in [5.41, 5.74) is 1.45. The third kappa shape index (κ3) is 5.45. The normalized spacial score (nSPS) is 12.9. The van der Waals surface area contributed by atoms with Crippen LogP contribution >= 0.6 is 22.6 Å². The van der Waals surface area contributed by atoms with E-state index in [1.807, 2.05) is 12.1 Å². The number of hydrogen-bond acceptors (Lipinski definition) is 4. The first-order valence-corrected chi connectivity index (χ1v) is 8.89. The van der Waals surface area contributed by atoms with Crippen LogP contribution in [0.1, 0.15) is 12.5 Å². The van der Waals surface area contributed by atoms with E-state index >= 15 is 0 Å². The van der Waals surface area contributed by atoms with Crippen LogP contribution in [0.2, 0.25) is 0 Å². The molecule has 6 heteroatoms. The Morgan fingerprint density at radius 3 is 2.24 bits per heavy atom. The molecule has 2 atom stereocenters. The van der Waals surface area contributed by atoms with Gasteiger partial charge in [0.1, 0.15) is 5.75 Å². The van der Waals surface area contributed by atoms with Gasteiger partial charge < -0.3 is 20.0 Å². The van der Waals surface area contributed by atoms with Crippen molar-refractivity contribution in [1.82, 2.24) is 0 Å². The predicted octanol–water partition coefficient (Wildman–Crippen LogP) is 2.48. The first-order valence-electron chi connectivity index (χ1n) is 7.81. The van der Waals surface area contributed by atoms with Crippen LogP contribution in [-0.2, 0) is 16.0 Å². The van der Waals surface area contributed by atoms with E-state index in [9.17, 15) is 14.7 Å². The summed E-state index contributed by atoms with van der Waals surface area (Å²) >= 11 is 2.17. The van der Waals surface area contributed by atoms with E-state index in [1.165, 1.54) is 0 Å². The van der Waals surface area contributed by atoms with E-state index in [2.05, 4.69) is 27.9 Å². The number of amides is 1. The van der Waals surface area contributed by atoms with Crippen molar-refractivity contribution >= 4 is 40.2 Å². The highest BCUT2D eigenvalue weighted by Gasteiger charge is 2.25. The Morgan fingerprint density at radius 1 is 1.12 bits per heavy atom. The van der Waals surface area contributed by atoms with Crippen molar-refractivity contribution in [3.05, 3.63) is 57.7 Å². The molecule has 0 radical (unpaired) electrons. The van der Waals surface area contributed by atoms with Crippen molar-refractivity contribution in [2.24, 2.45) is 11.8 Å². The van der Waals surface area contributed by atoms with Crippen molar-refractivity contribution in [2.45, 2.75) is 13.3 Å². The lowest BCUT2D eigenvalue weighted by Crippen LogP contribution is -2.40. The second-order valence-electron chi connectivity index (χ2n) is 5.76. The number of rotatable bonds is 7. The largest absolute Gasteiger partial charge is 0.550 e. The highest BCUT2D eigenvalue weighted by atomic mass is 127. The molecule has 0 saturated carbocycles. The predicted molar refractivity (Wildman–Crippen MR) is 102 cm³/mol. The highest BCUT2D eigenvalue weighted by molar-refractivity contribution is 14.1. The number of carboxylic acid groups (broad SMARTS) is 1. The molecule has 5 nitrogen and oxygen atoms in total. The minimum Gasteiger partial charge on any atom is -0.550 e. The zero-order valence-electron chi connectivity index (χ0n) is 14.0. The molecule has 0 aromatic heterocycles. The monoisotopic (exact) mass is 452 g/mol. The summed E-state index contributed by atoms with van der Waals surface area (Å²) in [7, 11) is 1.57. The molecule has 0 aliphatic heterocycles. The molecule has 0 bridgehead atoms. The van der Waals surface area contributed by atoms with Crippen LogP contribution in [0.4, 0.5) is 5.69 Å². The Morgan fingerprint density at radius 2 is 1.72 bits per heavy atom. The van der Waals surface area contributed by atoms with Gasteiger partial charge in [-0.3, -0.25) is 4.79 Å². The molecular formula is C19H19INO4-. The van der Waals surface area contributed by atoms with Crippen LogP contribution in [0.25, 0.3) is 0 Å². The second kappa shape index (κ2) is 8.84. The molecule has 2 rings (SSSR count). The molecule has 2 aromatic rings. The number of halogens is 1. The molecule has 2 aromatic carbocycles. The number of carboxylic acids is 1. The van der Waals surface area contributed by atoms with E-state index in [4.69, 9.17) is 4.74 Å². The van der Waals surface area contributed by atoms with Gasteiger partial charge in [-0.15, -0.1) is 0 Å². The van der Waals surface area contributed by atoms with Crippen LogP contribution in [0, 0.1) is 15.4 Å². The number of hydrogen-bond donors (Lipinski definition) is 1. The zero-order chi connectivity index (χ0) is 18.4. The molecule has 1 amide bonds. The Hall–Kier alpha value is -2.09. The molecule has 0 unspecified atom stereocenters. The first-order chi connectivity index (χ1) is 11.9. The van der Waals surface area contributed by atoms with Crippen LogP contribution < -0.4 is 15.2 Å². The second-order valence-corrected chi connectivity index (χ2v) is 7.01. The fourth-order valence-corrected chi connectivity index (χ4v) is 2.81. The van der Waals surface area contributed by atoms with E-state index in [0.29, 0.717) is 11.4 Å². The Bertz CT molecular complexity index is 728. The number of aliphatic carboxylic acids is 1. The standard InChI is InChI=1S/C19H20INO4/c1-12(18(22)21-15-7-5-14(20)6-8-15)17(19(23)24)11-13-3-9-16(25-2)10-4-13/h3-10,12,17H,11H2,1-2H3,(H,21,22)(H,23,24)/p-1/t12-,17+/m1/s1. The fourth-order valence-electron chi connectivity index (χ4n) is 2.45. The van der Waals surface area contributed by atoms with Gasteiger partial charge in [0, 0.05) is 27.1 Å². The maximum Gasteiger partial charge on any atom is 0.227 e. The van der Waals surface area contributed by atoms with E-state index in [0.717, 1.165) is 9.13 Å². The topological polar surface area (TPSA) is 78.5 Å². The number of benzene rings is 2. The van der Waals surface area contributed by atoms with E-state index in [1.54, 1.807) is 50.4 Å². The molecule has 1 N–H and O–H groups in total. The van der Waals surface area contributed by atoms with Gasteiger partial charge >= 0.3 is 0 Å². The average Bonchev–Trinajstić information content (AvgIpc) is 2.61. The summed E-state index contributed by atoms with van der Waals surface area (Å²) in [6, 6.07) is 14.4. The van der Waals surface area contributed by atoms with Crippen molar-refractivity contribution in [3.8, 4) is 5.75 Å². The van der Waals surface area contributed by atoms with E-state index in [-0.39, 0.29) is 12.3 Å². The molecule has 0 fully saturated rings. The van der Waals surface area contributed by atoms with Gasteiger partial charge in [0.15, 0.2) is 0 Å². The summed E-state index contributed by atoms with van der Waals surface area (Å²) in [6.07, 6.45) is 0.216.